The summed E-state index contributed by atoms with van der Waals surface area (Å²) < 4.78 is 27.6. The third kappa shape index (κ3) is 3.14. The highest BCUT2D eigenvalue weighted by molar-refractivity contribution is 7.92. The van der Waals surface area contributed by atoms with Crippen molar-refractivity contribution in [2.24, 2.45) is 0 Å². The molecule has 0 amide bonds. The summed E-state index contributed by atoms with van der Waals surface area (Å²) >= 11 is 6.05. The molecule has 0 aliphatic heterocycles. The number of sulfonamides is 1. The topological polar surface area (TPSA) is 72.2 Å². The molecule has 0 saturated carbocycles. The van der Waals surface area contributed by atoms with Gasteiger partial charge < -0.3 is 5.73 Å². The summed E-state index contributed by atoms with van der Waals surface area (Å²) in [7, 11) is -3.78. The number of hydrogen-bond donors (Lipinski definition) is 2. The van der Waals surface area contributed by atoms with Gasteiger partial charge in [0.05, 0.1) is 10.7 Å². The van der Waals surface area contributed by atoms with Crippen LogP contribution in [0.15, 0.2) is 35.2 Å². The maximum absolute atomic E-state index is 12.5. The molecule has 112 valence electrons. The Balaban J connectivity index is 2.48. The Hall–Kier alpha value is -1.72. The largest absolute Gasteiger partial charge is 0.398 e. The molecule has 0 aromatic heterocycles. The first-order valence-electron chi connectivity index (χ1n) is 6.37. The van der Waals surface area contributed by atoms with Gasteiger partial charge in [-0.25, -0.2) is 8.42 Å². The van der Waals surface area contributed by atoms with Gasteiger partial charge in [0.2, 0.25) is 0 Å². The zero-order valence-electron chi connectivity index (χ0n) is 12.1. The van der Waals surface area contributed by atoms with Crippen molar-refractivity contribution in [3.8, 4) is 0 Å². The molecule has 0 saturated heterocycles. The SMILES string of the molecule is Cc1cc(Cl)c(S(=O)(=O)Nc2cccc(C)c2C)cc1N. The van der Waals surface area contributed by atoms with Crippen LogP contribution in [-0.2, 0) is 10.0 Å². The summed E-state index contributed by atoms with van der Waals surface area (Å²) in [6.07, 6.45) is 0. The first kappa shape index (κ1) is 15.7. The van der Waals surface area contributed by atoms with E-state index in [4.69, 9.17) is 17.3 Å². The van der Waals surface area contributed by atoms with Gasteiger partial charge >= 0.3 is 0 Å². The van der Waals surface area contributed by atoms with Gasteiger partial charge in [0, 0.05) is 5.69 Å². The summed E-state index contributed by atoms with van der Waals surface area (Å²) in [5, 5.41) is 0.152. The molecule has 0 bridgehead atoms. The summed E-state index contributed by atoms with van der Waals surface area (Å²) in [6.45, 7) is 5.55. The zero-order valence-corrected chi connectivity index (χ0v) is 13.6. The van der Waals surface area contributed by atoms with E-state index in [-0.39, 0.29) is 9.92 Å². The van der Waals surface area contributed by atoms with Crippen LogP contribution in [-0.4, -0.2) is 8.42 Å². The maximum Gasteiger partial charge on any atom is 0.263 e. The van der Waals surface area contributed by atoms with Crippen molar-refractivity contribution in [3.05, 3.63) is 52.0 Å². The van der Waals surface area contributed by atoms with E-state index in [1.165, 1.54) is 6.07 Å². The molecule has 0 fully saturated rings. The van der Waals surface area contributed by atoms with Crippen LogP contribution in [0.25, 0.3) is 0 Å². The highest BCUT2D eigenvalue weighted by Crippen LogP contribution is 2.29. The maximum atomic E-state index is 12.5. The normalized spacial score (nSPS) is 11.4. The van der Waals surface area contributed by atoms with Gasteiger partial charge in [0.15, 0.2) is 0 Å². The molecule has 0 atom stereocenters. The summed E-state index contributed by atoms with van der Waals surface area (Å²) in [5.41, 5.74) is 9.32. The van der Waals surface area contributed by atoms with Gasteiger partial charge in [-0.15, -0.1) is 0 Å². The van der Waals surface area contributed by atoms with E-state index in [0.717, 1.165) is 16.7 Å². The molecular weight excluding hydrogens is 308 g/mol. The van der Waals surface area contributed by atoms with Crippen LogP contribution < -0.4 is 10.5 Å². The third-order valence-corrected chi connectivity index (χ3v) is 5.29. The quantitative estimate of drug-likeness (QED) is 0.846. The third-order valence-electron chi connectivity index (χ3n) is 3.46. The Morgan fingerprint density at radius 2 is 1.76 bits per heavy atom. The second kappa shape index (κ2) is 5.58. The molecule has 6 heteroatoms. The monoisotopic (exact) mass is 324 g/mol. The molecule has 0 unspecified atom stereocenters. The van der Waals surface area contributed by atoms with Crippen molar-refractivity contribution in [2.45, 2.75) is 25.7 Å². The lowest BCUT2D eigenvalue weighted by Gasteiger charge is -2.14. The van der Waals surface area contributed by atoms with Gasteiger partial charge in [-0.1, -0.05) is 23.7 Å². The molecule has 0 aliphatic rings. The van der Waals surface area contributed by atoms with E-state index >= 15 is 0 Å². The lowest BCUT2D eigenvalue weighted by Crippen LogP contribution is -2.15. The summed E-state index contributed by atoms with van der Waals surface area (Å²) in [4.78, 5) is -0.0202. The molecule has 2 aromatic carbocycles. The van der Waals surface area contributed by atoms with Crippen molar-refractivity contribution in [1.82, 2.24) is 0 Å². The van der Waals surface area contributed by atoms with E-state index in [1.54, 1.807) is 25.1 Å². The fourth-order valence-corrected chi connectivity index (χ4v) is 3.68. The number of benzene rings is 2. The van der Waals surface area contributed by atoms with Crippen LogP contribution in [0.1, 0.15) is 16.7 Å². The average Bonchev–Trinajstić information content (AvgIpc) is 2.39. The lowest BCUT2D eigenvalue weighted by atomic mass is 10.1. The average molecular weight is 325 g/mol. The Labute approximate surface area is 130 Å². The molecule has 2 rings (SSSR count). The standard InChI is InChI=1S/C15H17ClN2O2S/c1-9-5-4-6-14(11(9)3)18-21(19,20)15-8-13(17)10(2)7-12(15)16/h4-8,18H,17H2,1-3H3. The number of hydrogen-bond acceptors (Lipinski definition) is 3. The molecule has 4 nitrogen and oxygen atoms in total. The van der Waals surface area contributed by atoms with Crippen LogP contribution in [0.3, 0.4) is 0 Å². The molecule has 0 aliphatic carbocycles. The van der Waals surface area contributed by atoms with E-state index in [2.05, 4.69) is 4.72 Å². The summed E-state index contributed by atoms with van der Waals surface area (Å²) in [5.74, 6) is 0. The van der Waals surface area contributed by atoms with Crippen LogP contribution in [0, 0.1) is 20.8 Å². The first-order chi connectivity index (χ1) is 9.72. The smallest absolute Gasteiger partial charge is 0.263 e. The fraction of sp³-hybridized carbons (Fsp3) is 0.200. The molecule has 2 aromatic rings. The van der Waals surface area contributed by atoms with E-state index in [0.29, 0.717) is 11.4 Å². The number of halogens is 1. The number of nitrogens with two attached hydrogens (primary N) is 1. The van der Waals surface area contributed by atoms with Gasteiger partial charge in [-0.05, 0) is 55.7 Å². The van der Waals surface area contributed by atoms with E-state index in [9.17, 15) is 8.42 Å². The van der Waals surface area contributed by atoms with E-state index < -0.39 is 10.0 Å². The molecule has 0 spiro atoms. The second-order valence-corrected chi connectivity index (χ2v) is 7.05. The van der Waals surface area contributed by atoms with Crippen molar-refractivity contribution >= 4 is 33.0 Å². The Kier molecular flexibility index (Phi) is 4.16. The molecule has 0 heterocycles. The first-order valence-corrected chi connectivity index (χ1v) is 8.23. The van der Waals surface area contributed by atoms with Crippen LogP contribution in [0.2, 0.25) is 5.02 Å². The van der Waals surface area contributed by atoms with Crippen molar-refractivity contribution in [2.75, 3.05) is 10.5 Å². The number of anilines is 2. The van der Waals surface area contributed by atoms with Crippen LogP contribution in [0.5, 0.6) is 0 Å². The van der Waals surface area contributed by atoms with Gasteiger partial charge in [0.25, 0.3) is 10.0 Å². The molecule has 0 radical (unpaired) electrons. The number of nitrogens with one attached hydrogen (secondary N) is 1. The predicted octanol–water partition coefficient (Wildman–Crippen LogP) is 3.65. The molecule has 21 heavy (non-hydrogen) atoms. The van der Waals surface area contributed by atoms with Crippen LogP contribution in [0.4, 0.5) is 11.4 Å². The highest BCUT2D eigenvalue weighted by Gasteiger charge is 2.20. The minimum atomic E-state index is -3.78. The highest BCUT2D eigenvalue weighted by atomic mass is 35.5. The predicted molar refractivity (Wildman–Crippen MR) is 87.3 cm³/mol. The second-order valence-electron chi connectivity index (χ2n) is 4.99. The lowest BCUT2D eigenvalue weighted by molar-refractivity contribution is 0.601. The van der Waals surface area contributed by atoms with Gasteiger partial charge in [-0.2, -0.15) is 0 Å². The number of aryl methyl sites for hydroxylation is 2. The van der Waals surface area contributed by atoms with Crippen LogP contribution >= 0.6 is 11.6 Å². The Morgan fingerprint density at radius 1 is 1.10 bits per heavy atom. The van der Waals surface area contributed by atoms with Gasteiger partial charge in [-0.3, -0.25) is 4.72 Å². The fourth-order valence-electron chi connectivity index (χ4n) is 1.94. The van der Waals surface area contributed by atoms with Crippen molar-refractivity contribution < 1.29 is 8.42 Å². The van der Waals surface area contributed by atoms with Crippen molar-refractivity contribution in [3.63, 3.8) is 0 Å². The minimum absolute atomic E-state index is 0.0202. The Bertz CT molecular complexity index is 802. The Morgan fingerprint density at radius 3 is 2.43 bits per heavy atom. The summed E-state index contributed by atoms with van der Waals surface area (Å²) in [6, 6.07) is 8.36. The zero-order chi connectivity index (χ0) is 15.8. The minimum Gasteiger partial charge on any atom is -0.398 e. The number of nitrogen functional groups attached to an aromatic ring is 1. The van der Waals surface area contributed by atoms with Crippen molar-refractivity contribution in [1.29, 1.82) is 0 Å². The molecule has 3 N–H and O–H groups in total. The molecular formula is C15H17ClN2O2S. The van der Waals surface area contributed by atoms with E-state index in [1.807, 2.05) is 19.9 Å². The number of rotatable bonds is 3. The van der Waals surface area contributed by atoms with Gasteiger partial charge in [0.1, 0.15) is 4.90 Å².